The van der Waals surface area contributed by atoms with Crippen LogP contribution in [0.25, 0.3) is 0 Å². The van der Waals surface area contributed by atoms with Crippen molar-refractivity contribution in [2.75, 3.05) is 17.4 Å². The first-order valence-corrected chi connectivity index (χ1v) is 14.3. The van der Waals surface area contributed by atoms with Crippen molar-refractivity contribution >= 4 is 50.7 Å². The number of nitrogens with zero attached hydrogens (tertiary/aromatic N) is 2. The molecule has 0 saturated heterocycles. The summed E-state index contributed by atoms with van der Waals surface area (Å²) >= 11 is 12.8. The number of benzene rings is 3. The predicted molar refractivity (Wildman–Crippen MR) is 152 cm³/mol. The second kappa shape index (κ2) is 12.7. The van der Waals surface area contributed by atoms with Crippen LogP contribution in [0.1, 0.15) is 30.5 Å². The largest absolute Gasteiger partial charge is 0.355 e. The molecular formula is C28H31Cl2N3O4S. The van der Waals surface area contributed by atoms with Crippen LogP contribution in [0.15, 0.2) is 71.6 Å². The Balaban J connectivity index is 2.07. The van der Waals surface area contributed by atoms with Crippen molar-refractivity contribution in [3.8, 4) is 0 Å². The third-order valence-electron chi connectivity index (χ3n) is 6.09. The molecule has 2 amide bonds. The van der Waals surface area contributed by atoms with E-state index in [1.54, 1.807) is 62.4 Å². The van der Waals surface area contributed by atoms with Gasteiger partial charge in [0.15, 0.2) is 0 Å². The van der Waals surface area contributed by atoms with Crippen LogP contribution in [-0.4, -0.2) is 44.3 Å². The third-order valence-corrected chi connectivity index (χ3v) is 8.58. The molecule has 0 radical (unpaired) electrons. The van der Waals surface area contributed by atoms with E-state index in [1.165, 1.54) is 17.0 Å². The summed E-state index contributed by atoms with van der Waals surface area (Å²) in [6, 6.07) is 17.4. The molecule has 0 aliphatic carbocycles. The molecule has 10 heteroatoms. The molecule has 0 aliphatic heterocycles. The first-order chi connectivity index (χ1) is 17.9. The van der Waals surface area contributed by atoms with E-state index in [9.17, 15) is 18.0 Å². The number of carbonyl (C=O) groups excluding carboxylic acids is 2. The Labute approximate surface area is 234 Å². The van der Waals surface area contributed by atoms with Gasteiger partial charge in [0.1, 0.15) is 12.6 Å². The molecule has 3 aromatic rings. The van der Waals surface area contributed by atoms with Gasteiger partial charge in [0.25, 0.3) is 10.0 Å². The molecule has 202 valence electrons. The van der Waals surface area contributed by atoms with Gasteiger partial charge in [-0.1, -0.05) is 59.1 Å². The van der Waals surface area contributed by atoms with E-state index in [0.29, 0.717) is 27.8 Å². The predicted octanol–water partition coefficient (Wildman–Crippen LogP) is 5.36. The lowest BCUT2D eigenvalue weighted by atomic mass is 10.1. The maximum atomic E-state index is 13.9. The number of hydrogen-bond acceptors (Lipinski definition) is 4. The molecule has 0 unspecified atom stereocenters. The molecule has 3 rings (SSSR count). The van der Waals surface area contributed by atoms with Crippen LogP contribution in [0.3, 0.4) is 0 Å². The fourth-order valence-electron chi connectivity index (χ4n) is 3.91. The first-order valence-electron chi connectivity index (χ1n) is 12.1. The molecular weight excluding hydrogens is 545 g/mol. The number of carbonyl (C=O) groups is 2. The molecule has 1 N–H and O–H groups in total. The van der Waals surface area contributed by atoms with Gasteiger partial charge < -0.3 is 10.2 Å². The maximum absolute atomic E-state index is 13.9. The van der Waals surface area contributed by atoms with Gasteiger partial charge in [-0.15, -0.1) is 0 Å². The van der Waals surface area contributed by atoms with Crippen LogP contribution in [0.4, 0.5) is 5.69 Å². The number of nitrogens with one attached hydrogen (secondary N) is 1. The summed E-state index contributed by atoms with van der Waals surface area (Å²) in [6.07, 6.45) is 0. The second-order valence-electron chi connectivity index (χ2n) is 8.96. The average molecular weight is 577 g/mol. The highest BCUT2D eigenvalue weighted by molar-refractivity contribution is 7.92. The van der Waals surface area contributed by atoms with E-state index in [2.05, 4.69) is 5.32 Å². The van der Waals surface area contributed by atoms with Gasteiger partial charge >= 0.3 is 0 Å². The molecule has 3 aromatic carbocycles. The number of aryl methyl sites for hydroxylation is 2. The van der Waals surface area contributed by atoms with E-state index >= 15 is 0 Å². The molecule has 0 saturated carbocycles. The zero-order valence-electron chi connectivity index (χ0n) is 21.7. The number of hydrogen-bond donors (Lipinski definition) is 1. The Morgan fingerprint density at radius 1 is 0.921 bits per heavy atom. The lowest BCUT2D eigenvalue weighted by Crippen LogP contribution is -2.51. The molecule has 0 heterocycles. The minimum absolute atomic E-state index is 0.0508. The SMILES string of the molecule is CCNC(=O)[C@H](C)N(Cc1c(Cl)cccc1Cl)C(=O)CN(c1cccc(C)c1)S(=O)(=O)c1ccc(C)cc1. The summed E-state index contributed by atoms with van der Waals surface area (Å²) in [7, 11) is -4.13. The summed E-state index contributed by atoms with van der Waals surface area (Å²) in [4.78, 5) is 28.0. The van der Waals surface area contributed by atoms with Gasteiger partial charge in [0.05, 0.1) is 10.6 Å². The smallest absolute Gasteiger partial charge is 0.264 e. The number of anilines is 1. The lowest BCUT2D eigenvalue weighted by molar-refractivity contribution is -0.139. The first kappa shape index (κ1) is 29.5. The molecule has 1 atom stereocenters. The van der Waals surface area contributed by atoms with Crippen LogP contribution in [0, 0.1) is 13.8 Å². The number of halogens is 2. The van der Waals surface area contributed by atoms with E-state index < -0.39 is 28.5 Å². The minimum Gasteiger partial charge on any atom is -0.355 e. The molecule has 0 bridgehead atoms. The summed E-state index contributed by atoms with van der Waals surface area (Å²) in [5.41, 5.74) is 2.53. The van der Waals surface area contributed by atoms with Gasteiger partial charge in [-0.2, -0.15) is 0 Å². The highest BCUT2D eigenvalue weighted by atomic mass is 35.5. The topological polar surface area (TPSA) is 86.8 Å². The average Bonchev–Trinajstić information content (AvgIpc) is 2.87. The van der Waals surface area contributed by atoms with E-state index in [-0.39, 0.29) is 17.3 Å². The quantitative estimate of drug-likeness (QED) is 0.352. The molecule has 0 spiro atoms. The Morgan fingerprint density at radius 3 is 2.11 bits per heavy atom. The van der Waals surface area contributed by atoms with Crippen molar-refractivity contribution in [1.82, 2.24) is 10.2 Å². The third kappa shape index (κ3) is 6.87. The fraction of sp³-hybridized carbons (Fsp3) is 0.286. The Kier molecular flexibility index (Phi) is 9.82. The van der Waals surface area contributed by atoms with Crippen LogP contribution in [-0.2, 0) is 26.2 Å². The second-order valence-corrected chi connectivity index (χ2v) is 11.6. The summed E-state index contributed by atoms with van der Waals surface area (Å²) in [5.74, 6) is -0.968. The van der Waals surface area contributed by atoms with Crippen LogP contribution >= 0.6 is 23.2 Å². The molecule has 0 aromatic heterocycles. The highest BCUT2D eigenvalue weighted by Gasteiger charge is 2.33. The summed E-state index contributed by atoms with van der Waals surface area (Å²) in [6.45, 7) is 6.81. The van der Waals surface area contributed by atoms with Crippen molar-refractivity contribution in [3.63, 3.8) is 0 Å². The monoisotopic (exact) mass is 575 g/mol. The summed E-state index contributed by atoms with van der Waals surface area (Å²) < 4.78 is 28.7. The Hall–Kier alpha value is -3.07. The van der Waals surface area contributed by atoms with Crippen molar-refractivity contribution < 1.29 is 18.0 Å². The van der Waals surface area contributed by atoms with Gasteiger partial charge in [-0.25, -0.2) is 8.42 Å². The molecule has 0 fully saturated rings. The Bertz CT molecular complexity index is 1390. The molecule has 38 heavy (non-hydrogen) atoms. The van der Waals surface area contributed by atoms with Crippen molar-refractivity contribution in [2.45, 2.75) is 45.2 Å². The van der Waals surface area contributed by atoms with Crippen LogP contribution < -0.4 is 9.62 Å². The van der Waals surface area contributed by atoms with Crippen molar-refractivity contribution in [2.24, 2.45) is 0 Å². The van der Waals surface area contributed by atoms with Gasteiger partial charge in [0, 0.05) is 28.7 Å². The van der Waals surface area contributed by atoms with Crippen molar-refractivity contribution in [3.05, 3.63) is 93.5 Å². The maximum Gasteiger partial charge on any atom is 0.264 e. The summed E-state index contributed by atoms with van der Waals surface area (Å²) in [5, 5.41) is 3.39. The number of rotatable bonds is 10. The van der Waals surface area contributed by atoms with Gasteiger partial charge in [-0.3, -0.25) is 13.9 Å². The lowest BCUT2D eigenvalue weighted by Gasteiger charge is -2.32. The van der Waals surface area contributed by atoms with Crippen molar-refractivity contribution in [1.29, 1.82) is 0 Å². The zero-order chi connectivity index (χ0) is 28.0. The number of sulfonamides is 1. The minimum atomic E-state index is -4.13. The Morgan fingerprint density at radius 2 is 1.53 bits per heavy atom. The van der Waals surface area contributed by atoms with Gasteiger partial charge in [0.2, 0.25) is 11.8 Å². The fourth-order valence-corrected chi connectivity index (χ4v) is 5.83. The standard InChI is InChI=1S/C28H31Cl2N3O4S/c1-5-31-28(35)21(4)32(17-24-25(29)10-7-11-26(24)30)27(34)18-33(22-9-6-8-20(3)16-22)38(36,37)23-14-12-19(2)13-15-23/h6-16,21H,5,17-18H2,1-4H3,(H,31,35)/t21-/m0/s1. The zero-order valence-corrected chi connectivity index (χ0v) is 24.1. The molecule has 0 aliphatic rings. The van der Waals surface area contributed by atoms with E-state index in [1.807, 2.05) is 19.9 Å². The normalized spacial score (nSPS) is 12.1. The van der Waals surface area contributed by atoms with Gasteiger partial charge in [-0.05, 0) is 69.7 Å². The highest BCUT2D eigenvalue weighted by Crippen LogP contribution is 2.28. The number of likely N-dealkylation sites (N-methyl/N-ethyl adjacent to an activating group) is 1. The number of amides is 2. The van der Waals surface area contributed by atoms with Crippen LogP contribution in [0.2, 0.25) is 10.0 Å². The van der Waals surface area contributed by atoms with E-state index in [0.717, 1.165) is 15.4 Å². The van der Waals surface area contributed by atoms with Crippen LogP contribution in [0.5, 0.6) is 0 Å². The van der Waals surface area contributed by atoms with E-state index in [4.69, 9.17) is 23.2 Å². The molecule has 7 nitrogen and oxygen atoms in total.